The number of anilines is 2. The third-order valence-corrected chi connectivity index (χ3v) is 8.05. The molecule has 5 aromatic rings. The van der Waals surface area contributed by atoms with E-state index < -0.39 is 17.6 Å². The number of nitrogens with one attached hydrogen (secondary N) is 3. The highest BCUT2D eigenvalue weighted by atomic mass is 32.2. The highest BCUT2D eigenvalue weighted by Gasteiger charge is 2.19. The van der Waals surface area contributed by atoms with E-state index >= 15 is 0 Å². The fraction of sp³-hybridized carbons (Fsp3) is 0.0857. The summed E-state index contributed by atoms with van der Waals surface area (Å²) in [5.74, 6) is -2.01. The Hall–Kier alpha value is -5.68. The van der Waals surface area contributed by atoms with E-state index in [-0.39, 0.29) is 34.2 Å². The van der Waals surface area contributed by atoms with Gasteiger partial charge in [0.25, 0.3) is 17.4 Å². The highest BCUT2D eigenvalue weighted by molar-refractivity contribution is 8.00. The van der Waals surface area contributed by atoms with Crippen molar-refractivity contribution >= 4 is 46.9 Å². The monoisotopic (exact) mass is 635 g/mol. The number of aromatic nitrogens is 2. The Labute approximate surface area is 268 Å². The van der Waals surface area contributed by atoms with Crippen molar-refractivity contribution < 1.29 is 18.8 Å². The van der Waals surface area contributed by atoms with Crippen molar-refractivity contribution in [3.05, 3.63) is 148 Å². The number of para-hydroxylation sites is 1. The molecule has 0 unspecified atom stereocenters. The molecule has 0 aliphatic heterocycles. The molecule has 0 aliphatic carbocycles. The third-order valence-electron chi connectivity index (χ3n) is 7.03. The quantitative estimate of drug-likeness (QED) is 0.133. The topological polar surface area (TPSA) is 114 Å². The number of halogens is 1. The van der Waals surface area contributed by atoms with E-state index in [0.29, 0.717) is 22.6 Å². The summed E-state index contributed by atoms with van der Waals surface area (Å²) < 4.78 is 17.6. The van der Waals surface area contributed by atoms with Crippen LogP contribution in [0.5, 0.6) is 0 Å². The Kier molecular flexibility index (Phi) is 9.94. The van der Waals surface area contributed by atoms with Crippen LogP contribution < -0.4 is 21.5 Å². The number of hydrogen-bond acceptors (Lipinski definition) is 5. The molecule has 0 saturated carbocycles. The summed E-state index contributed by atoms with van der Waals surface area (Å²) in [7, 11) is 1.75. The Morgan fingerprint density at radius 2 is 1.46 bits per heavy atom. The zero-order valence-corrected chi connectivity index (χ0v) is 25.8. The lowest BCUT2D eigenvalue weighted by atomic mass is 10.1. The molecule has 0 radical (unpaired) electrons. The smallest absolute Gasteiger partial charge is 0.295 e. The predicted octanol–water partition coefficient (Wildman–Crippen LogP) is 5.76. The second-order valence-corrected chi connectivity index (χ2v) is 11.2. The van der Waals surface area contributed by atoms with Gasteiger partial charge in [0.1, 0.15) is 17.2 Å². The van der Waals surface area contributed by atoms with Crippen molar-refractivity contribution in [2.45, 2.75) is 11.8 Å². The molecule has 0 fully saturated rings. The van der Waals surface area contributed by atoms with Crippen LogP contribution in [0, 0.1) is 12.7 Å². The largest absolute Gasteiger partial charge is 0.321 e. The van der Waals surface area contributed by atoms with E-state index in [1.807, 2.05) is 30.3 Å². The van der Waals surface area contributed by atoms with Crippen LogP contribution in [0.1, 0.15) is 21.6 Å². The van der Waals surface area contributed by atoms with Gasteiger partial charge < -0.3 is 16.0 Å². The standard InChI is InChI=1S/C35H30FN5O4S/c1-23-32(35(45)41(40(23)2)27-14-7-4-8-15-27)39-31(42)22-46-28-19-17-26(18-20-28)37-34(44)30(21-25-13-9-10-16-29(25)36)38-33(43)24-11-5-3-6-12-24/h3-21H,22H2,1-2H3,(H,37,44)(H,38,43)(H,39,42)/b30-21-. The van der Waals surface area contributed by atoms with E-state index in [2.05, 4.69) is 16.0 Å². The summed E-state index contributed by atoms with van der Waals surface area (Å²) in [6.07, 6.45) is 1.28. The summed E-state index contributed by atoms with van der Waals surface area (Å²) in [5.41, 5.74) is 1.95. The number of benzene rings is 4. The lowest BCUT2D eigenvalue weighted by Gasteiger charge is -2.12. The second-order valence-electron chi connectivity index (χ2n) is 10.2. The first-order valence-corrected chi connectivity index (χ1v) is 15.2. The molecule has 232 valence electrons. The van der Waals surface area contributed by atoms with Crippen molar-refractivity contribution in [1.29, 1.82) is 0 Å². The molecule has 46 heavy (non-hydrogen) atoms. The first-order chi connectivity index (χ1) is 22.2. The SMILES string of the molecule is Cc1c(NC(=O)CSc2ccc(NC(=O)/C(=C/c3ccccc3F)NC(=O)c3ccccc3)cc2)c(=O)n(-c2ccccc2)n1C. The predicted molar refractivity (Wildman–Crippen MR) is 178 cm³/mol. The first-order valence-electron chi connectivity index (χ1n) is 14.2. The number of hydrogen-bond donors (Lipinski definition) is 3. The van der Waals surface area contributed by atoms with Gasteiger partial charge in [0.2, 0.25) is 5.91 Å². The molecule has 0 spiro atoms. The van der Waals surface area contributed by atoms with E-state index in [0.717, 1.165) is 4.90 Å². The zero-order valence-electron chi connectivity index (χ0n) is 25.0. The van der Waals surface area contributed by atoms with Crippen molar-refractivity contribution in [1.82, 2.24) is 14.7 Å². The van der Waals surface area contributed by atoms with Crippen LogP contribution in [-0.4, -0.2) is 32.8 Å². The van der Waals surface area contributed by atoms with E-state index in [4.69, 9.17) is 0 Å². The summed E-state index contributed by atoms with van der Waals surface area (Å²) >= 11 is 1.26. The summed E-state index contributed by atoms with van der Waals surface area (Å²) in [4.78, 5) is 52.7. The maximum absolute atomic E-state index is 14.4. The van der Waals surface area contributed by atoms with Crippen molar-refractivity contribution in [3.63, 3.8) is 0 Å². The van der Waals surface area contributed by atoms with Gasteiger partial charge in [-0.1, -0.05) is 54.6 Å². The van der Waals surface area contributed by atoms with Crippen LogP contribution in [0.3, 0.4) is 0 Å². The second kappa shape index (κ2) is 14.4. The molecule has 3 N–H and O–H groups in total. The lowest BCUT2D eigenvalue weighted by molar-refractivity contribution is -0.114. The molecule has 1 heterocycles. The highest BCUT2D eigenvalue weighted by Crippen LogP contribution is 2.22. The fourth-order valence-electron chi connectivity index (χ4n) is 4.56. The average molecular weight is 636 g/mol. The maximum Gasteiger partial charge on any atom is 0.295 e. The average Bonchev–Trinajstić information content (AvgIpc) is 3.28. The third kappa shape index (κ3) is 7.51. The van der Waals surface area contributed by atoms with Crippen LogP contribution in [0.4, 0.5) is 15.8 Å². The molecule has 1 aromatic heterocycles. The minimum atomic E-state index is -0.647. The molecule has 9 nitrogen and oxygen atoms in total. The zero-order chi connectivity index (χ0) is 32.6. The van der Waals surface area contributed by atoms with E-state index in [1.54, 1.807) is 79.3 Å². The minimum absolute atomic E-state index is 0.0475. The summed E-state index contributed by atoms with van der Waals surface area (Å²) in [6, 6.07) is 30.2. The van der Waals surface area contributed by atoms with Crippen LogP contribution in [0.2, 0.25) is 0 Å². The van der Waals surface area contributed by atoms with Gasteiger partial charge in [-0.25, -0.2) is 9.07 Å². The molecule has 0 atom stereocenters. The maximum atomic E-state index is 14.4. The van der Waals surface area contributed by atoms with Gasteiger partial charge >= 0.3 is 0 Å². The van der Waals surface area contributed by atoms with E-state index in [1.165, 1.54) is 40.7 Å². The van der Waals surface area contributed by atoms with Gasteiger partial charge in [0, 0.05) is 28.8 Å². The number of carbonyl (C=O) groups excluding carboxylic acids is 3. The molecule has 5 rings (SSSR count). The Morgan fingerprint density at radius 1 is 0.826 bits per heavy atom. The van der Waals surface area contributed by atoms with Crippen LogP contribution >= 0.6 is 11.8 Å². The number of rotatable bonds is 10. The number of carbonyl (C=O) groups is 3. The molecule has 11 heteroatoms. The number of nitrogens with zero attached hydrogens (tertiary/aromatic N) is 2. The Morgan fingerprint density at radius 3 is 2.13 bits per heavy atom. The van der Waals surface area contributed by atoms with Crippen molar-refractivity contribution in [3.8, 4) is 5.69 Å². The molecular weight excluding hydrogens is 605 g/mol. The van der Waals surface area contributed by atoms with Gasteiger partial charge in [-0.3, -0.25) is 23.9 Å². The van der Waals surface area contributed by atoms with Gasteiger partial charge in [0.15, 0.2) is 0 Å². The van der Waals surface area contributed by atoms with E-state index in [9.17, 15) is 23.6 Å². The van der Waals surface area contributed by atoms with Gasteiger partial charge in [-0.2, -0.15) is 0 Å². The first kappa shape index (κ1) is 31.7. The molecular formula is C35H30FN5O4S. The van der Waals surface area contributed by atoms with Crippen molar-refractivity contribution in [2.75, 3.05) is 16.4 Å². The number of amides is 3. The number of thioether (sulfide) groups is 1. The molecule has 0 aliphatic rings. The van der Waals surface area contributed by atoms with Gasteiger partial charge in [-0.05, 0) is 67.6 Å². The van der Waals surface area contributed by atoms with Crippen LogP contribution in [-0.2, 0) is 16.6 Å². The minimum Gasteiger partial charge on any atom is -0.321 e. The molecule has 4 aromatic carbocycles. The molecule has 3 amide bonds. The van der Waals surface area contributed by atoms with Gasteiger partial charge in [0.05, 0.1) is 17.1 Å². The Bertz CT molecular complexity index is 1970. The van der Waals surface area contributed by atoms with Crippen LogP contribution in [0.25, 0.3) is 11.8 Å². The molecule has 0 saturated heterocycles. The fourth-order valence-corrected chi connectivity index (χ4v) is 5.26. The lowest BCUT2D eigenvalue weighted by Crippen LogP contribution is -2.30. The summed E-state index contributed by atoms with van der Waals surface area (Å²) in [5, 5.41) is 8.05. The van der Waals surface area contributed by atoms with Gasteiger partial charge in [-0.15, -0.1) is 11.8 Å². The summed E-state index contributed by atoms with van der Waals surface area (Å²) in [6.45, 7) is 1.76. The molecule has 0 bridgehead atoms. The van der Waals surface area contributed by atoms with Crippen molar-refractivity contribution in [2.24, 2.45) is 7.05 Å². The van der Waals surface area contributed by atoms with Crippen LogP contribution in [0.15, 0.2) is 125 Å². The normalized spacial score (nSPS) is 11.2. The Balaban J connectivity index is 1.23.